The number of aromatic nitrogens is 1. The van der Waals surface area contributed by atoms with Crippen LogP contribution < -0.4 is 14.8 Å². The number of pyridine rings is 1. The number of hydrogen-bond acceptors (Lipinski definition) is 5. The maximum Gasteiger partial charge on any atom is 0.161 e. The molecule has 0 bridgehead atoms. The van der Waals surface area contributed by atoms with Gasteiger partial charge in [0.1, 0.15) is 0 Å². The Morgan fingerprint density at radius 3 is 2.42 bits per heavy atom. The Morgan fingerprint density at radius 1 is 1.04 bits per heavy atom. The molecule has 2 aromatic rings. The van der Waals surface area contributed by atoms with Crippen LogP contribution in [-0.2, 0) is 0 Å². The second-order valence-electron chi connectivity index (χ2n) is 6.52. The van der Waals surface area contributed by atoms with Crippen molar-refractivity contribution in [3.63, 3.8) is 0 Å². The first-order chi connectivity index (χ1) is 12.7. The van der Waals surface area contributed by atoms with Crippen LogP contribution in [0.3, 0.4) is 0 Å². The molecule has 5 nitrogen and oxygen atoms in total. The van der Waals surface area contributed by atoms with Crippen LogP contribution in [0.2, 0.25) is 0 Å². The predicted octanol–water partition coefficient (Wildman–Crippen LogP) is 3.18. The van der Waals surface area contributed by atoms with E-state index >= 15 is 0 Å². The molecule has 3 rings (SSSR count). The fraction of sp³-hybridized carbons (Fsp3) is 0.476. The first-order valence-corrected chi connectivity index (χ1v) is 9.49. The third kappa shape index (κ3) is 4.34. The van der Waals surface area contributed by atoms with Crippen LogP contribution in [0, 0.1) is 6.92 Å². The van der Waals surface area contributed by atoms with Gasteiger partial charge >= 0.3 is 0 Å². The molecule has 5 heteroatoms. The summed E-state index contributed by atoms with van der Waals surface area (Å²) >= 11 is 0. The quantitative estimate of drug-likeness (QED) is 0.826. The average Bonchev–Trinajstić information content (AvgIpc) is 2.67. The number of aryl methyl sites for hydroxylation is 1. The topological polar surface area (TPSA) is 46.6 Å². The molecule has 0 radical (unpaired) electrons. The largest absolute Gasteiger partial charge is 0.490 e. The van der Waals surface area contributed by atoms with E-state index in [1.165, 1.54) is 11.1 Å². The molecule has 1 unspecified atom stereocenters. The van der Waals surface area contributed by atoms with Gasteiger partial charge in [-0.05, 0) is 50.1 Å². The SMILES string of the molecule is CCOc1ccc(C(c2ccc(C)cn2)N2CCNCC2)cc1OCC. The van der Waals surface area contributed by atoms with Gasteiger partial charge in [-0.15, -0.1) is 0 Å². The van der Waals surface area contributed by atoms with Gasteiger partial charge in [-0.1, -0.05) is 12.1 Å². The van der Waals surface area contributed by atoms with Crippen LogP contribution in [0.15, 0.2) is 36.5 Å². The number of piperazine rings is 1. The van der Waals surface area contributed by atoms with Crippen molar-refractivity contribution in [2.75, 3.05) is 39.4 Å². The first-order valence-electron chi connectivity index (χ1n) is 9.49. The highest BCUT2D eigenvalue weighted by molar-refractivity contribution is 5.45. The van der Waals surface area contributed by atoms with Crippen molar-refractivity contribution in [2.24, 2.45) is 0 Å². The van der Waals surface area contributed by atoms with Gasteiger partial charge in [-0.2, -0.15) is 0 Å². The van der Waals surface area contributed by atoms with Gasteiger partial charge in [0.05, 0.1) is 24.9 Å². The van der Waals surface area contributed by atoms with E-state index in [2.05, 4.69) is 41.4 Å². The number of hydrogen-bond donors (Lipinski definition) is 1. The third-order valence-electron chi connectivity index (χ3n) is 4.61. The minimum atomic E-state index is 0.118. The third-order valence-corrected chi connectivity index (χ3v) is 4.61. The van der Waals surface area contributed by atoms with Crippen molar-refractivity contribution < 1.29 is 9.47 Å². The van der Waals surface area contributed by atoms with Crippen molar-refractivity contribution in [1.82, 2.24) is 15.2 Å². The highest BCUT2D eigenvalue weighted by Crippen LogP contribution is 2.35. The summed E-state index contributed by atoms with van der Waals surface area (Å²) in [5, 5.41) is 3.43. The molecule has 1 saturated heterocycles. The lowest BCUT2D eigenvalue weighted by Crippen LogP contribution is -2.45. The second-order valence-corrected chi connectivity index (χ2v) is 6.52. The van der Waals surface area contributed by atoms with E-state index in [0.29, 0.717) is 13.2 Å². The lowest BCUT2D eigenvalue weighted by atomic mass is 9.99. The van der Waals surface area contributed by atoms with Crippen molar-refractivity contribution >= 4 is 0 Å². The molecule has 1 aliphatic rings. The molecule has 1 fully saturated rings. The summed E-state index contributed by atoms with van der Waals surface area (Å²) in [6, 6.07) is 10.7. The smallest absolute Gasteiger partial charge is 0.161 e. The molecular formula is C21H29N3O2. The number of nitrogens with one attached hydrogen (secondary N) is 1. The van der Waals surface area contributed by atoms with Crippen LogP contribution in [0.1, 0.15) is 36.7 Å². The van der Waals surface area contributed by atoms with Crippen molar-refractivity contribution in [2.45, 2.75) is 26.8 Å². The maximum absolute atomic E-state index is 5.85. The van der Waals surface area contributed by atoms with Crippen LogP contribution in [0.25, 0.3) is 0 Å². The molecule has 1 atom stereocenters. The summed E-state index contributed by atoms with van der Waals surface area (Å²) < 4.78 is 11.6. The van der Waals surface area contributed by atoms with E-state index < -0.39 is 0 Å². The Bertz CT molecular complexity index is 697. The van der Waals surface area contributed by atoms with Gasteiger partial charge in [-0.3, -0.25) is 9.88 Å². The van der Waals surface area contributed by atoms with Crippen molar-refractivity contribution in [3.8, 4) is 11.5 Å². The molecule has 0 aliphatic carbocycles. The molecule has 1 aliphatic heterocycles. The van der Waals surface area contributed by atoms with Gasteiger partial charge in [0.15, 0.2) is 11.5 Å². The highest BCUT2D eigenvalue weighted by atomic mass is 16.5. The summed E-state index contributed by atoms with van der Waals surface area (Å²) in [5.41, 5.74) is 3.44. The van der Waals surface area contributed by atoms with Gasteiger partial charge in [0.25, 0.3) is 0 Å². The Kier molecular flexibility index (Phi) is 6.47. The standard InChI is InChI=1S/C21H29N3O2/c1-4-25-19-9-7-17(14-20(19)26-5-2)21(24-12-10-22-11-13-24)18-8-6-16(3)15-23-18/h6-9,14-15,21-22H,4-5,10-13H2,1-3H3. The summed E-state index contributed by atoms with van der Waals surface area (Å²) in [4.78, 5) is 7.22. The highest BCUT2D eigenvalue weighted by Gasteiger charge is 2.26. The molecule has 1 N–H and O–H groups in total. The van der Waals surface area contributed by atoms with Crippen LogP contribution in [-0.4, -0.2) is 49.3 Å². The first kappa shape index (κ1) is 18.7. The molecule has 1 aromatic heterocycles. The van der Waals surface area contributed by atoms with Gasteiger partial charge < -0.3 is 14.8 Å². The number of nitrogens with zero attached hydrogens (tertiary/aromatic N) is 2. The lowest BCUT2D eigenvalue weighted by Gasteiger charge is -2.35. The zero-order valence-electron chi connectivity index (χ0n) is 16.0. The van der Waals surface area contributed by atoms with Crippen LogP contribution in [0.4, 0.5) is 0 Å². The summed E-state index contributed by atoms with van der Waals surface area (Å²) in [5.74, 6) is 1.60. The Morgan fingerprint density at radius 2 is 1.77 bits per heavy atom. The fourth-order valence-electron chi connectivity index (χ4n) is 3.39. The Hall–Kier alpha value is -2.11. The molecule has 0 amide bonds. The van der Waals surface area contributed by atoms with Crippen LogP contribution in [0.5, 0.6) is 11.5 Å². The van der Waals surface area contributed by atoms with Gasteiger partial charge in [0, 0.05) is 32.4 Å². The summed E-state index contributed by atoms with van der Waals surface area (Å²) in [6.45, 7) is 11.3. The fourth-order valence-corrected chi connectivity index (χ4v) is 3.39. The zero-order valence-corrected chi connectivity index (χ0v) is 16.0. The maximum atomic E-state index is 5.85. The van der Waals surface area contributed by atoms with Gasteiger partial charge in [0.2, 0.25) is 0 Å². The molecule has 1 aromatic carbocycles. The summed E-state index contributed by atoms with van der Waals surface area (Å²) in [6.07, 6.45) is 1.95. The van der Waals surface area contributed by atoms with E-state index in [4.69, 9.17) is 14.5 Å². The van der Waals surface area contributed by atoms with Gasteiger partial charge in [-0.25, -0.2) is 0 Å². The predicted molar refractivity (Wildman–Crippen MR) is 104 cm³/mol. The van der Waals surface area contributed by atoms with E-state index in [1.54, 1.807) is 0 Å². The molecule has 0 saturated carbocycles. The van der Waals surface area contributed by atoms with E-state index in [1.807, 2.05) is 26.1 Å². The lowest BCUT2D eigenvalue weighted by molar-refractivity contribution is 0.195. The molecule has 2 heterocycles. The second kappa shape index (κ2) is 9.01. The normalized spacial score (nSPS) is 16.3. The summed E-state index contributed by atoms with van der Waals surface area (Å²) in [7, 11) is 0. The Balaban J connectivity index is 2.00. The zero-order chi connectivity index (χ0) is 18.4. The number of benzene rings is 1. The minimum absolute atomic E-state index is 0.118. The van der Waals surface area contributed by atoms with Crippen molar-refractivity contribution in [1.29, 1.82) is 0 Å². The van der Waals surface area contributed by atoms with Crippen LogP contribution >= 0.6 is 0 Å². The monoisotopic (exact) mass is 355 g/mol. The van der Waals surface area contributed by atoms with E-state index in [9.17, 15) is 0 Å². The van der Waals surface area contributed by atoms with E-state index in [0.717, 1.165) is 43.4 Å². The van der Waals surface area contributed by atoms with E-state index in [-0.39, 0.29) is 6.04 Å². The molecule has 140 valence electrons. The minimum Gasteiger partial charge on any atom is -0.490 e. The van der Waals surface area contributed by atoms with Crippen molar-refractivity contribution in [3.05, 3.63) is 53.3 Å². The average molecular weight is 355 g/mol. The number of rotatable bonds is 7. The molecule has 0 spiro atoms. The molecular weight excluding hydrogens is 326 g/mol. The number of ether oxygens (including phenoxy) is 2. The molecule has 26 heavy (non-hydrogen) atoms. The Labute approximate surface area is 156 Å².